The predicted molar refractivity (Wildman–Crippen MR) is 73.5 cm³/mol. The van der Waals surface area contributed by atoms with Crippen molar-refractivity contribution in [2.24, 2.45) is 0 Å². The van der Waals surface area contributed by atoms with Crippen LogP contribution in [0.5, 0.6) is 5.75 Å². The van der Waals surface area contributed by atoms with Crippen molar-refractivity contribution in [1.82, 2.24) is 4.90 Å². The molecule has 0 radical (unpaired) electrons. The molecule has 0 bridgehead atoms. The van der Waals surface area contributed by atoms with Crippen LogP contribution in [0.2, 0.25) is 0 Å². The highest BCUT2D eigenvalue weighted by Gasteiger charge is 2.25. The molecule has 94 valence electrons. The van der Waals surface area contributed by atoms with E-state index in [-0.39, 0.29) is 5.91 Å². The Kier molecular flexibility index (Phi) is 2.96. The summed E-state index contributed by atoms with van der Waals surface area (Å²) in [7, 11) is 1.63. The molecule has 2 aromatic rings. The Morgan fingerprint density at radius 1 is 1.28 bits per heavy atom. The van der Waals surface area contributed by atoms with Gasteiger partial charge in [-0.25, -0.2) is 0 Å². The average molecular weight is 261 g/mol. The summed E-state index contributed by atoms with van der Waals surface area (Å²) in [6.45, 7) is 1.74. The zero-order valence-corrected chi connectivity index (χ0v) is 11.1. The first-order valence-corrected chi connectivity index (χ1v) is 6.97. The van der Waals surface area contributed by atoms with Crippen molar-refractivity contribution in [3.05, 3.63) is 29.1 Å². The van der Waals surface area contributed by atoms with Gasteiger partial charge in [0.25, 0.3) is 5.91 Å². The van der Waals surface area contributed by atoms with Crippen LogP contribution in [0, 0.1) is 0 Å². The Balaban J connectivity index is 2.07. The third-order valence-electron chi connectivity index (χ3n) is 3.34. The van der Waals surface area contributed by atoms with Gasteiger partial charge in [-0.15, -0.1) is 11.3 Å². The number of hydrogen-bond donors (Lipinski definition) is 0. The van der Waals surface area contributed by atoms with E-state index in [0.717, 1.165) is 46.6 Å². The lowest BCUT2D eigenvalue weighted by atomic mass is 10.2. The number of thiophene rings is 1. The minimum absolute atomic E-state index is 0.116. The van der Waals surface area contributed by atoms with E-state index in [2.05, 4.69) is 0 Å². The Hall–Kier alpha value is -1.55. The second-order valence-corrected chi connectivity index (χ2v) is 5.51. The highest BCUT2D eigenvalue weighted by atomic mass is 32.1. The van der Waals surface area contributed by atoms with Crippen molar-refractivity contribution in [2.45, 2.75) is 12.8 Å². The summed E-state index contributed by atoms with van der Waals surface area (Å²) >= 11 is 1.53. The maximum absolute atomic E-state index is 12.5. The van der Waals surface area contributed by atoms with E-state index in [1.807, 2.05) is 29.2 Å². The summed E-state index contributed by atoms with van der Waals surface area (Å²) in [4.78, 5) is 15.1. The molecule has 0 atom stereocenters. The van der Waals surface area contributed by atoms with Crippen molar-refractivity contribution in [3.63, 3.8) is 0 Å². The molecule has 0 aliphatic carbocycles. The number of ether oxygens (including phenoxy) is 1. The molecule has 2 heterocycles. The highest BCUT2D eigenvalue weighted by molar-refractivity contribution is 7.21. The van der Waals surface area contributed by atoms with E-state index in [1.165, 1.54) is 11.3 Å². The van der Waals surface area contributed by atoms with Gasteiger partial charge >= 0.3 is 0 Å². The van der Waals surface area contributed by atoms with Gasteiger partial charge in [0.05, 0.1) is 7.11 Å². The molecule has 1 aromatic heterocycles. The van der Waals surface area contributed by atoms with Gasteiger partial charge in [-0.1, -0.05) is 12.1 Å². The number of benzene rings is 1. The predicted octanol–water partition coefficient (Wildman–Crippen LogP) is 3.15. The first kappa shape index (κ1) is 11.5. The Morgan fingerprint density at radius 2 is 2.00 bits per heavy atom. The van der Waals surface area contributed by atoms with Crippen LogP contribution in [0.25, 0.3) is 10.1 Å². The fourth-order valence-electron chi connectivity index (χ4n) is 2.43. The summed E-state index contributed by atoms with van der Waals surface area (Å²) in [5.74, 6) is 0.845. The van der Waals surface area contributed by atoms with Gasteiger partial charge in [0, 0.05) is 23.2 Å². The van der Waals surface area contributed by atoms with E-state index in [9.17, 15) is 4.79 Å². The molecule has 1 amide bonds. The number of hydrogen-bond acceptors (Lipinski definition) is 3. The lowest BCUT2D eigenvalue weighted by molar-refractivity contribution is 0.0795. The summed E-state index contributed by atoms with van der Waals surface area (Å²) < 4.78 is 6.55. The van der Waals surface area contributed by atoms with Crippen LogP contribution in [0.15, 0.2) is 24.3 Å². The molecular formula is C14H15NO2S. The summed E-state index contributed by atoms with van der Waals surface area (Å²) in [5, 5.41) is 1.03. The molecule has 0 unspecified atom stereocenters. The van der Waals surface area contributed by atoms with Gasteiger partial charge in [-0.2, -0.15) is 0 Å². The number of fused-ring (bicyclic) bond motifs is 1. The molecule has 18 heavy (non-hydrogen) atoms. The van der Waals surface area contributed by atoms with Crippen LogP contribution >= 0.6 is 11.3 Å². The monoisotopic (exact) mass is 261 g/mol. The minimum Gasteiger partial charge on any atom is -0.494 e. The van der Waals surface area contributed by atoms with E-state index < -0.39 is 0 Å². The molecule has 1 aliphatic rings. The van der Waals surface area contributed by atoms with Gasteiger partial charge < -0.3 is 9.64 Å². The van der Waals surface area contributed by atoms with Crippen LogP contribution in [0.1, 0.15) is 22.5 Å². The summed E-state index contributed by atoms with van der Waals surface area (Å²) in [6.07, 6.45) is 2.22. The van der Waals surface area contributed by atoms with Crippen molar-refractivity contribution in [1.29, 1.82) is 0 Å². The first-order valence-electron chi connectivity index (χ1n) is 6.16. The molecule has 0 spiro atoms. The minimum atomic E-state index is 0.116. The van der Waals surface area contributed by atoms with Crippen LogP contribution in [-0.2, 0) is 0 Å². The summed E-state index contributed by atoms with van der Waals surface area (Å²) in [5.41, 5.74) is 0. The Labute approximate surface area is 110 Å². The number of amides is 1. The van der Waals surface area contributed by atoms with E-state index in [1.54, 1.807) is 7.11 Å². The number of likely N-dealkylation sites (tertiary alicyclic amines) is 1. The molecule has 4 heteroatoms. The maximum atomic E-state index is 12.5. The van der Waals surface area contributed by atoms with E-state index in [4.69, 9.17) is 4.74 Å². The number of methoxy groups -OCH3 is 1. The maximum Gasteiger partial charge on any atom is 0.267 e. The third-order valence-corrected chi connectivity index (χ3v) is 4.48. The topological polar surface area (TPSA) is 29.5 Å². The van der Waals surface area contributed by atoms with Crippen molar-refractivity contribution in [2.75, 3.05) is 20.2 Å². The second-order valence-electron chi connectivity index (χ2n) is 4.46. The molecule has 0 N–H and O–H groups in total. The largest absolute Gasteiger partial charge is 0.494 e. The fraction of sp³-hybridized carbons (Fsp3) is 0.357. The normalized spacial score (nSPS) is 15.3. The highest BCUT2D eigenvalue weighted by Crippen LogP contribution is 2.38. The molecule has 1 fully saturated rings. The standard InChI is InChI=1S/C14H15NO2S/c1-17-12-10-6-2-3-7-11(10)18-13(12)14(16)15-8-4-5-9-15/h2-3,6-7H,4-5,8-9H2,1H3. The average Bonchev–Trinajstić information content (AvgIpc) is 3.04. The summed E-state index contributed by atoms with van der Waals surface area (Å²) in [6, 6.07) is 8.00. The van der Waals surface area contributed by atoms with Crippen LogP contribution in [-0.4, -0.2) is 31.0 Å². The van der Waals surface area contributed by atoms with Gasteiger partial charge in [0.1, 0.15) is 10.6 Å². The van der Waals surface area contributed by atoms with E-state index in [0.29, 0.717) is 0 Å². The first-order chi connectivity index (χ1) is 8.81. The van der Waals surface area contributed by atoms with Crippen molar-refractivity contribution in [3.8, 4) is 5.75 Å². The molecule has 0 saturated carbocycles. The molecular weight excluding hydrogens is 246 g/mol. The Bertz CT molecular complexity index is 584. The smallest absolute Gasteiger partial charge is 0.267 e. The lowest BCUT2D eigenvalue weighted by Crippen LogP contribution is -2.27. The molecule has 1 aliphatic heterocycles. The van der Waals surface area contributed by atoms with Crippen LogP contribution < -0.4 is 4.74 Å². The Morgan fingerprint density at radius 3 is 2.72 bits per heavy atom. The van der Waals surface area contributed by atoms with Gasteiger partial charge in [0.15, 0.2) is 0 Å². The number of carbonyl (C=O) groups excluding carboxylic acids is 1. The molecule has 1 aromatic carbocycles. The SMILES string of the molecule is COc1c(C(=O)N2CCCC2)sc2ccccc12. The molecule has 1 saturated heterocycles. The zero-order chi connectivity index (χ0) is 12.5. The fourth-order valence-corrected chi connectivity index (χ4v) is 3.57. The quantitative estimate of drug-likeness (QED) is 0.831. The number of nitrogens with zero attached hydrogens (tertiary/aromatic N) is 1. The van der Waals surface area contributed by atoms with Crippen molar-refractivity contribution >= 4 is 27.3 Å². The van der Waals surface area contributed by atoms with Crippen LogP contribution in [0.4, 0.5) is 0 Å². The van der Waals surface area contributed by atoms with Gasteiger partial charge in [0.2, 0.25) is 0 Å². The van der Waals surface area contributed by atoms with E-state index >= 15 is 0 Å². The lowest BCUT2D eigenvalue weighted by Gasteiger charge is -2.14. The number of carbonyl (C=O) groups is 1. The molecule has 3 rings (SSSR count). The van der Waals surface area contributed by atoms with Crippen LogP contribution in [0.3, 0.4) is 0 Å². The number of rotatable bonds is 2. The molecule has 3 nitrogen and oxygen atoms in total. The second kappa shape index (κ2) is 4.61. The van der Waals surface area contributed by atoms with Gasteiger partial charge in [-0.3, -0.25) is 4.79 Å². The van der Waals surface area contributed by atoms with Gasteiger partial charge in [-0.05, 0) is 25.0 Å². The third kappa shape index (κ3) is 1.77. The van der Waals surface area contributed by atoms with Crippen molar-refractivity contribution < 1.29 is 9.53 Å². The zero-order valence-electron chi connectivity index (χ0n) is 10.3.